The molecule has 0 bridgehead atoms. The lowest BCUT2D eigenvalue weighted by atomic mass is 10.2. The lowest BCUT2D eigenvalue weighted by Crippen LogP contribution is -2.30. The molecule has 2 rings (SSSR count). The number of ether oxygens (including phenoxy) is 1. The average Bonchev–Trinajstić information content (AvgIpc) is 3.10. The summed E-state index contributed by atoms with van der Waals surface area (Å²) in [6.07, 6.45) is 0.518. The highest BCUT2D eigenvalue weighted by Crippen LogP contribution is 2.27. The maximum atomic E-state index is 12.2. The van der Waals surface area contributed by atoms with Crippen molar-refractivity contribution in [1.82, 2.24) is 4.98 Å². The Hall–Kier alpha value is -2.98. The number of carbonyl (C=O) groups excluding carboxylic acids is 2. The first kappa shape index (κ1) is 20.3. The van der Waals surface area contributed by atoms with Gasteiger partial charge in [0.25, 0.3) is 11.6 Å². The highest BCUT2D eigenvalue weighted by Gasteiger charge is 2.22. The Morgan fingerprint density at radius 3 is 2.89 bits per heavy atom. The van der Waals surface area contributed by atoms with Crippen molar-refractivity contribution in [1.29, 1.82) is 0 Å². The number of aromatic nitrogens is 1. The summed E-state index contributed by atoms with van der Waals surface area (Å²) in [6.45, 7) is 5.45. The molecule has 1 aromatic heterocycles. The summed E-state index contributed by atoms with van der Waals surface area (Å²) < 4.78 is 5.08. The van der Waals surface area contributed by atoms with E-state index in [-0.39, 0.29) is 22.1 Å². The molecule has 2 aromatic rings. The van der Waals surface area contributed by atoms with Gasteiger partial charge in [0.2, 0.25) is 0 Å². The van der Waals surface area contributed by atoms with Crippen LogP contribution in [0.3, 0.4) is 0 Å². The van der Waals surface area contributed by atoms with Crippen LogP contribution in [0.15, 0.2) is 36.2 Å². The third-order valence-corrected chi connectivity index (χ3v) is 4.30. The SMILES string of the molecule is C=CCNc1nc(C(=O)O[C@H](C)C(=O)Nc2ccc([N+](=O)[O-])cc2Cl)cs1. The first-order chi connectivity index (χ1) is 12.8. The van der Waals surface area contributed by atoms with E-state index in [2.05, 4.69) is 22.2 Å². The average molecular weight is 411 g/mol. The number of non-ortho nitro benzene ring substituents is 1. The quantitative estimate of drug-likeness (QED) is 0.295. The second kappa shape index (κ2) is 9.10. The van der Waals surface area contributed by atoms with Crippen LogP contribution in [0.5, 0.6) is 0 Å². The molecule has 11 heteroatoms. The molecule has 0 saturated heterocycles. The molecule has 1 heterocycles. The molecule has 0 aliphatic heterocycles. The van der Waals surface area contributed by atoms with Gasteiger partial charge in [0.15, 0.2) is 16.9 Å². The molecule has 27 heavy (non-hydrogen) atoms. The predicted octanol–water partition coefficient (Wildman–Crippen LogP) is 3.49. The fourth-order valence-corrected chi connectivity index (χ4v) is 2.75. The fraction of sp³-hybridized carbons (Fsp3) is 0.188. The second-order valence-electron chi connectivity index (χ2n) is 5.17. The third kappa shape index (κ3) is 5.50. The topological polar surface area (TPSA) is 123 Å². The van der Waals surface area contributed by atoms with E-state index in [1.807, 2.05) is 0 Å². The van der Waals surface area contributed by atoms with E-state index in [1.54, 1.807) is 6.08 Å². The largest absolute Gasteiger partial charge is 0.448 e. The van der Waals surface area contributed by atoms with Crippen molar-refractivity contribution < 1.29 is 19.2 Å². The van der Waals surface area contributed by atoms with Gasteiger partial charge in [-0.15, -0.1) is 17.9 Å². The summed E-state index contributed by atoms with van der Waals surface area (Å²) in [5.41, 5.74) is 0.0289. The Labute approximate surface area is 163 Å². The predicted molar refractivity (Wildman–Crippen MR) is 102 cm³/mol. The third-order valence-electron chi connectivity index (χ3n) is 3.19. The number of nitrogens with zero attached hydrogens (tertiary/aromatic N) is 2. The smallest absolute Gasteiger partial charge is 0.358 e. The van der Waals surface area contributed by atoms with Crippen LogP contribution in [0.1, 0.15) is 17.4 Å². The monoisotopic (exact) mass is 410 g/mol. The molecule has 1 aromatic carbocycles. The summed E-state index contributed by atoms with van der Waals surface area (Å²) in [4.78, 5) is 38.4. The standard InChI is InChI=1S/C16H15ClN4O5S/c1-3-6-18-16-20-13(8-27-16)15(23)26-9(2)14(22)19-12-5-4-10(21(24)25)7-11(12)17/h3-5,7-9H,1,6H2,2H3,(H,18,20)(H,19,22)/t9-/m1/s1. The van der Waals surface area contributed by atoms with Crippen LogP contribution in [0.2, 0.25) is 5.02 Å². The summed E-state index contributed by atoms with van der Waals surface area (Å²) >= 11 is 7.14. The maximum Gasteiger partial charge on any atom is 0.358 e. The van der Waals surface area contributed by atoms with Crippen molar-refractivity contribution in [2.75, 3.05) is 17.2 Å². The van der Waals surface area contributed by atoms with Gasteiger partial charge in [-0.3, -0.25) is 14.9 Å². The summed E-state index contributed by atoms with van der Waals surface area (Å²) in [6, 6.07) is 3.61. The molecule has 0 unspecified atom stereocenters. The molecule has 0 aliphatic rings. The number of nitrogens with one attached hydrogen (secondary N) is 2. The van der Waals surface area contributed by atoms with Crippen LogP contribution >= 0.6 is 22.9 Å². The second-order valence-corrected chi connectivity index (χ2v) is 6.43. The van der Waals surface area contributed by atoms with Crippen LogP contribution in [0.25, 0.3) is 0 Å². The zero-order valence-corrected chi connectivity index (χ0v) is 15.7. The van der Waals surface area contributed by atoms with Gasteiger partial charge in [-0.05, 0) is 13.0 Å². The van der Waals surface area contributed by atoms with Crippen molar-refractivity contribution in [3.63, 3.8) is 0 Å². The minimum atomic E-state index is -1.13. The normalized spacial score (nSPS) is 11.3. The van der Waals surface area contributed by atoms with Gasteiger partial charge in [0.05, 0.1) is 15.6 Å². The number of nitro benzene ring substituents is 1. The molecule has 0 spiro atoms. The molecule has 0 saturated carbocycles. The zero-order chi connectivity index (χ0) is 20.0. The number of hydrogen-bond acceptors (Lipinski definition) is 8. The van der Waals surface area contributed by atoms with E-state index in [4.69, 9.17) is 16.3 Å². The molecular formula is C16H15ClN4O5S. The highest BCUT2D eigenvalue weighted by molar-refractivity contribution is 7.13. The van der Waals surface area contributed by atoms with E-state index >= 15 is 0 Å². The van der Waals surface area contributed by atoms with Crippen molar-refractivity contribution >= 4 is 51.3 Å². The lowest BCUT2D eigenvalue weighted by molar-refractivity contribution is -0.384. The minimum Gasteiger partial charge on any atom is -0.448 e. The number of thiazole rings is 1. The van der Waals surface area contributed by atoms with E-state index in [0.29, 0.717) is 11.7 Å². The van der Waals surface area contributed by atoms with Crippen LogP contribution in [0, 0.1) is 10.1 Å². The van der Waals surface area contributed by atoms with Gasteiger partial charge in [-0.25, -0.2) is 9.78 Å². The van der Waals surface area contributed by atoms with E-state index in [0.717, 1.165) is 6.07 Å². The first-order valence-corrected chi connectivity index (χ1v) is 8.83. The van der Waals surface area contributed by atoms with Crippen molar-refractivity contribution in [3.05, 3.63) is 57.1 Å². The van der Waals surface area contributed by atoms with Crippen LogP contribution in [0.4, 0.5) is 16.5 Å². The first-order valence-electron chi connectivity index (χ1n) is 7.58. The number of amides is 1. The van der Waals surface area contributed by atoms with Crippen molar-refractivity contribution in [2.24, 2.45) is 0 Å². The Bertz CT molecular complexity index is 885. The molecule has 0 radical (unpaired) electrons. The molecule has 142 valence electrons. The van der Waals surface area contributed by atoms with E-state index < -0.39 is 22.9 Å². The van der Waals surface area contributed by atoms with Gasteiger partial charge in [0, 0.05) is 24.1 Å². The minimum absolute atomic E-state index is 0.00601. The van der Waals surface area contributed by atoms with E-state index in [9.17, 15) is 19.7 Å². The van der Waals surface area contributed by atoms with Crippen LogP contribution in [-0.4, -0.2) is 34.4 Å². The number of nitro groups is 1. The Morgan fingerprint density at radius 2 is 2.26 bits per heavy atom. The van der Waals surface area contributed by atoms with Gasteiger partial charge < -0.3 is 15.4 Å². The summed E-state index contributed by atoms with van der Waals surface area (Å²) in [5, 5.41) is 18.1. The number of anilines is 2. The summed E-state index contributed by atoms with van der Waals surface area (Å²) in [5.74, 6) is -1.39. The molecule has 9 nitrogen and oxygen atoms in total. The van der Waals surface area contributed by atoms with Gasteiger partial charge in [0.1, 0.15) is 0 Å². The van der Waals surface area contributed by atoms with Crippen molar-refractivity contribution in [2.45, 2.75) is 13.0 Å². The Kier molecular flexibility index (Phi) is 6.85. The number of hydrogen-bond donors (Lipinski definition) is 2. The Balaban J connectivity index is 1.97. The van der Waals surface area contributed by atoms with Gasteiger partial charge >= 0.3 is 5.97 Å². The van der Waals surface area contributed by atoms with E-state index in [1.165, 1.54) is 35.8 Å². The highest BCUT2D eigenvalue weighted by atomic mass is 35.5. The van der Waals surface area contributed by atoms with Gasteiger partial charge in [-0.2, -0.15) is 0 Å². The number of esters is 1. The maximum absolute atomic E-state index is 12.2. The molecule has 1 amide bonds. The molecule has 0 aliphatic carbocycles. The Morgan fingerprint density at radius 1 is 1.52 bits per heavy atom. The molecular weight excluding hydrogens is 396 g/mol. The summed E-state index contributed by atoms with van der Waals surface area (Å²) in [7, 11) is 0. The number of carbonyl (C=O) groups is 2. The zero-order valence-electron chi connectivity index (χ0n) is 14.1. The lowest BCUT2D eigenvalue weighted by Gasteiger charge is -2.13. The molecule has 2 N–H and O–H groups in total. The fourth-order valence-electron chi connectivity index (χ4n) is 1.84. The molecule has 0 fully saturated rings. The van der Waals surface area contributed by atoms with Gasteiger partial charge in [-0.1, -0.05) is 17.7 Å². The van der Waals surface area contributed by atoms with Crippen LogP contribution < -0.4 is 10.6 Å². The number of rotatable bonds is 8. The number of halogens is 1. The van der Waals surface area contributed by atoms with Crippen LogP contribution in [-0.2, 0) is 9.53 Å². The number of benzene rings is 1. The van der Waals surface area contributed by atoms with Crippen molar-refractivity contribution in [3.8, 4) is 0 Å². The molecule has 1 atom stereocenters.